The fourth-order valence-electron chi connectivity index (χ4n) is 1.21. The van der Waals surface area contributed by atoms with Crippen LogP contribution < -0.4 is 5.32 Å². The SMILES string of the molecule is CC=Cc1ccccc1CNC(=O)O. The molecule has 1 aromatic rings. The molecular weight excluding hydrogens is 178 g/mol. The molecule has 0 aliphatic rings. The Balaban J connectivity index is 2.79. The van der Waals surface area contributed by atoms with Gasteiger partial charge in [-0.3, -0.25) is 0 Å². The van der Waals surface area contributed by atoms with Crippen molar-refractivity contribution in [2.45, 2.75) is 13.5 Å². The van der Waals surface area contributed by atoms with E-state index in [9.17, 15) is 4.79 Å². The molecule has 1 rings (SSSR count). The van der Waals surface area contributed by atoms with Gasteiger partial charge in [-0.25, -0.2) is 4.79 Å². The Kier molecular flexibility index (Phi) is 3.73. The zero-order valence-corrected chi connectivity index (χ0v) is 8.03. The molecule has 0 heterocycles. The topological polar surface area (TPSA) is 49.3 Å². The lowest BCUT2D eigenvalue weighted by atomic mass is 10.1. The molecule has 2 N–H and O–H groups in total. The molecule has 0 bridgehead atoms. The maximum absolute atomic E-state index is 10.3. The molecule has 3 heteroatoms. The van der Waals surface area contributed by atoms with Crippen molar-refractivity contribution >= 4 is 12.2 Å². The molecule has 0 radical (unpaired) electrons. The van der Waals surface area contributed by atoms with Crippen LogP contribution in [0.15, 0.2) is 30.3 Å². The molecule has 14 heavy (non-hydrogen) atoms. The first kappa shape index (κ1) is 10.3. The molecule has 0 spiro atoms. The Labute approximate surface area is 83.1 Å². The summed E-state index contributed by atoms with van der Waals surface area (Å²) >= 11 is 0. The van der Waals surface area contributed by atoms with Crippen LogP contribution >= 0.6 is 0 Å². The van der Waals surface area contributed by atoms with Crippen LogP contribution in [-0.4, -0.2) is 11.2 Å². The van der Waals surface area contributed by atoms with Crippen molar-refractivity contribution in [3.63, 3.8) is 0 Å². The number of benzene rings is 1. The summed E-state index contributed by atoms with van der Waals surface area (Å²) in [5.74, 6) is 0. The fraction of sp³-hybridized carbons (Fsp3) is 0.182. The number of carboxylic acid groups (broad SMARTS) is 1. The first-order valence-corrected chi connectivity index (χ1v) is 4.41. The summed E-state index contributed by atoms with van der Waals surface area (Å²) in [6.45, 7) is 2.28. The smallest absolute Gasteiger partial charge is 0.404 e. The fourth-order valence-corrected chi connectivity index (χ4v) is 1.21. The number of hydrogen-bond acceptors (Lipinski definition) is 1. The summed E-state index contributed by atoms with van der Waals surface area (Å²) in [7, 11) is 0. The molecule has 0 aromatic heterocycles. The van der Waals surface area contributed by atoms with E-state index in [1.165, 1.54) is 0 Å². The van der Waals surface area contributed by atoms with Crippen LogP contribution in [0.2, 0.25) is 0 Å². The van der Waals surface area contributed by atoms with Crippen molar-refractivity contribution in [1.82, 2.24) is 5.32 Å². The quantitative estimate of drug-likeness (QED) is 0.771. The Morgan fingerprint density at radius 2 is 2.21 bits per heavy atom. The van der Waals surface area contributed by atoms with Gasteiger partial charge >= 0.3 is 6.09 Å². The van der Waals surface area contributed by atoms with E-state index in [1.54, 1.807) is 0 Å². The van der Waals surface area contributed by atoms with Gasteiger partial charge in [-0.2, -0.15) is 0 Å². The van der Waals surface area contributed by atoms with E-state index in [0.29, 0.717) is 6.54 Å². The van der Waals surface area contributed by atoms with E-state index in [1.807, 2.05) is 43.3 Å². The molecule has 0 aliphatic heterocycles. The second-order valence-corrected chi connectivity index (χ2v) is 2.86. The molecule has 0 aliphatic carbocycles. The Hall–Kier alpha value is -1.77. The minimum Gasteiger partial charge on any atom is -0.465 e. The highest BCUT2D eigenvalue weighted by atomic mass is 16.4. The minimum absolute atomic E-state index is 0.343. The standard InChI is InChI=1S/C11H13NO2/c1-2-5-9-6-3-4-7-10(9)8-12-11(13)14/h2-7,12H,8H2,1H3,(H,13,14). The van der Waals surface area contributed by atoms with E-state index in [4.69, 9.17) is 5.11 Å². The van der Waals surface area contributed by atoms with Gasteiger partial charge in [-0.05, 0) is 18.1 Å². The van der Waals surface area contributed by atoms with Gasteiger partial charge in [-0.15, -0.1) is 0 Å². The summed E-state index contributed by atoms with van der Waals surface area (Å²) in [5.41, 5.74) is 2.02. The van der Waals surface area contributed by atoms with E-state index in [0.717, 1.165) is 11.1 Å². The van der Waals surface area contributed by atoms with Crippen molar-refractivity contribution in [2.24, 2.45) is 0 Å². The lowest BCUT2D eigenvalue weighted by Crippen LogP contribution is -2.20. The molecule has 0 saturated carbocycles. The van der Waals surface area contributed by atoms with Crippen LogP contribution in [0.1, 0.15) is 18.1 Å². The van der Waals surface area contributed by atoms with Crippen LogP contribution in [-0.2, 0) is 6.54 Å². The van der Waals surface area contributed by atoms with E-state index in [-0.39, 0.29) is 0 Å². The first-order chi connectivity index (χ1) is 6.74. The third-order valence-electron chi connectivity index (χ3n) is 1.83. The Bertz CT molecular complexity index is 345. The van der Waals surface area contributed by atoms with Gasteiger partial charge in [0.1, 0.15) is 0 Å². The van der Waals surface area contributed by atoms with Crippen molar-refractivity contribution in [1.29, 1.82) is 0 Å². The third-order valence-corrected chi connectivity index (χ3v) is 1.83. The second-order valence-electron chi connectivity index (χ2n) is 2.86. The molecule has 1 aromatic carbocycles. The molecule has 0 saturated heterocycles. The molecule has 0 fully saturated rings. The van der Waals surface area contributed by atoms with Crippen LogP contribution in [0.4, 0.5) is 4.79 Å². The van der Waals surface area contributed by atoms with Gasteiger partial charge in [0.15, 0.2) is 0 Å². The largest absolute Gasteiger partial charge is 0.465 e. The zero-order valence-electron chi connectivity index (χ0n) is 8.03. The van der Waals surface area contributed by atoms with Gasteiger partial charge in [-0.1, -0.05) is 36.4 Å². The number of hydrogen-bond donors (Lipinski definition) is 2. The van der Waals surface area contributed by atoms with E-state index in [2.05, 4.69) is 5.32 Å². The highest BCUT2D eigenvalue weighted by Crippen LogP contribution is 2.10. The summed E-state index contributed by atoms with van der Waals surface area (Å²) in [6.07, 6.45) is 2.89. The van der Waals surface area contributed by atoms with E-state index < -0.39 is 6.09 Å². The molecule has 1 amide bonds. The maximum atomic E-state index is 10.3. The highest BCUT2D eigenvalue weighted by molar-refractivity contribution is 5.65. The normalized spacial score (nSPS) is 10.4. The van der Waals surface area contributed by atoms with Gasteiger partial charge < -0.3 is 10.4 Å². The predicted octanol–water partition coefficient (Wildman–Crippen LogP) is 2.49. The van der Waals surface area contributed by atoms with Gasteiger partial charge in [0, 0.05) is 6.54 Å². The number of nitrogens with one attached hydrogen (secondary N) is 1. The van der Waals surface area contributed by atoms with Gasteiger partial charge in [0.05, 0.1) is 0 Å². The Morgan fingerprint density at radius 1 is 1.50 bits per heavy atom. The molecule has 74 valence electrons. The monoisotopic (exact) mass is 191 g/mol. The minimum atomic E-state index is -1.000. The summed E-state index contributed by atoms with van der Waals surface area (Å²) in [5, 5.41) is 10.8. The van der Waals surface area contributed by atoms with Gasteiger partial charge in [0.25, 0.3) is 0 Å². The molecule has 0 unspecified atom stereocenters. The number of carbonyl (C=O) groups is 1. The summed E-state index contributed by atoms with van der Waals surface area (Å²) < 4.78 is 0. The molecule has 0 atom stereocenters. The highest BCUT2D eigenvalue weighted by Gasteiger charge is 1.99. The average Bonchev–Trinajstić information content (AvgIpc) is 2.17. The van der Waals surface area contributed by atoms with Crippen LogP contribution in [0, 0.1) is 0 Å². The number of allylic oxidation sites excluding steroid dienone is 1. The average molecular weight is 191 g/mol. The second kappa shape index (κ2) is 5.07. The van der Waals surface area contributed by atoms with E-state index >= 15 is 0 Å². The van der Waals surface area contributed by atoms with Crippen molar-refractivity contribution in [3.05, 3.63) is 41.5 Å². The predicted molar refractivity (Wildman–Crippen MR) is 56.0 cm³/mol. The van der Waals surface area contributed by atoms with Crippen LogP contribution in [0.5, 0.6) is 0 Å². The van der Waals surface area contributed by atoms with Crippen molar-refractivity contribution < 1.29 is 9.90 Å². The van der Waals surface area contributed by atoms with Crippen molar-refractivity contribution in [2.75, 3.05) is 0 Å². The lowest BCUT2D eigenvalue weighted by molar-refractivity contribution is 0.194. The third kappa shape index (κ3) is 2.94. The lowest BCUT2D eigenvalue weighted by Gasteiger charge is -2.05. The zero-order chi connectivity index (χ0) is 10.4. The molecular formula is C11H13NO2. The van der Waals surface area contributed by atoms with Crippen LogP contribution in [0.25, 0.3) is 6.08 Å². The number of amides is 1. The van der Waals surface area contributed by atoms with Crippen LogP contribution in [0.3, 0.4) is 0 Å². The first-order valence-electron chi connectivity index (χ1n) is 4.41. The van der Waals surface area contributed by atoms with Gasteiger partial charge in [0.2, 0.25) is 0 Å². The Morgan fingerprint density at radius 3 is 2.86 bits per heavy atom. The summed E-state index contributed by atoms with van der Waals surface area (Å²) in [4.78, 5) is 10.3. The maximum Gasteiger partial charge on any atom is 0.404 e. The number of rotatable bonds is 3. The summed E-state index contributed by atoms with van der Waals surface area (Å²) in [6, 6.07) is 7.69. The molecule has 3 nitrogen and oxygen atoms in total. The van der Waals surface area contributed by atoms with Crippen molar-refractivity contribution in [3.8, 4) is 0 Å².